The Bertz CT molecular complexity index is 1790. The van der Waals surface area contributed by atoms with E-state index in [1.54, 1.807) is 22.6 Å². The minimum absolute atomic E-state index is 0. The summed E-state index contributed by atoms with van der Waals surface area (Å²) in [5.74, 6) is -0.0957. The zero-order chi connectivity index (χ0) is 29.8. The van der Waals surface area contributed by atoms with E-state index in [0.29, 0.717) is 24.6 Å². The van der Waals surface area contributed by atoms with Gasteiger partial charge in [0.05, 0.1) is 12.5 Å². The average Bonchev–Trinajstić information content (AvgIpc) is 3.30. The molecule has 3 aromatic heterocycles. The van der Waals surface area contributed by atoms with Gasteiger partial charge in [-0.15, -0.1) is 10.2 Å². The van der Waals surface area contributed by atoms with Crippen LogP contribution in [0, 0.1) is 20.8 Å². The normalized spacial score (nSPS) is 18.8. The molecular weight excluding hydrogens is 578 g/mol. The number of carboxylic acids is 1. The molecule has 0 aliphatic carbocycles. The number of likely N-dealkylation sites (N-methyl/N-ethyl adjacent to an activating group) is 1. The minimum Gasteiger partial charge on any atom is -0.481 e. The van der Waals surface area contributed by atoms with Crippen molar-refractivity contribution in [3.8, 4) is 0 Å². The third-order valence-electron chi connectivity index (χ3n) is 8.66. The van der Waals surface area contributed by atoms with E-state index >= 15 is 0 Å². The lowest BCUT2D eigenvalue weighted by Crippen LogP contribution is -2.55. The van der Waals surface area contributed by atoms with Gasteiger partial charge in [-0.25, -0.2) is 13.4 Å². The van der Waals surface area contributed by atoms with Gasteiger partial charge in [0.15, 0.2) is 5.65 Å². The van der Waals surface area contributed by atoms with Crippen LogP contribution in [0.15, 0.2) is 53.7 Å². The number of nitrogens with zero attached hydrogens (tertiary/aromatic N) is 7. The summed E-state index contributed by atoms with van der Waals surface area (Å²) in [7, 11) is -1.79. The molecule has 1 saturated heterocycles. The van der Waals surface area contributed by atoms with E-state index < -0.39 is 21.9 Å². The molecule has 1 aromatic carbocycles. The largest absolute Gasteiger partial charge is 0.481 e. The molecule has 1 fully saturated rings. The molecule has 1 N–H and O–H groups in total. The molecule has 0 unspecified atom stereocenters. The van der Waals surface area contributed by atoms with Crippen molar-refractivity contribution in [2.24, 2.45) is 0 Å². The van der Waals surface area contributed by atoms with Gasteiger partial charge in [0, 0.05) is 51.0 Å². The number of aliphatic carboxylic acids is 1. The van der Waals surface area contributed by atoms with Crippen LogP contribution in [-0.2, 0) is 21.4 Å². The third kappa shape index (κ3) is 5.81. The van der Waals surface area contributed by atoms with Gasteiger partial charge < -0.3 is 14.9 Å². The molecule has 0 amide bonds. The summed E-state index contributed by atoms with van der Waals surface area (Å²) in [5.41, 5.74) is 5.01. The second-order valence-electron chi connectivity index (χ2n) is 11.4. The van der Waals surface area contributed by atoms with Crippen molar-refractivity contribution in [1.82, 2.24) is 28.8 Å². The highest BCUT2D eigenvalue weighted by atomic mass is 32.2. The van der Waals surface area contributed by atoms with Gasteiger partial charge in [-0.1, -0.05) is 33.1 Å². The molecule has 2 aliphatic rings. The smallest absolute Gasteiger partial charge is 0.304 e. The van der Waals surface area contributed by atoms with Crippen LogP contribution >= 0.6 is 0 Å². The number of carboxylic acid groups (broad SMARTS) is 1. The maximum absolute atomic E-state index is 14.1. The third-order valence-corrected chi connectivity index (χ3v) is 10.5. The molecule has 0 bridgehead atoms. The molecule has 236 valence electrons. The van der Waals surface area contributed by atoms with Gasteiger partial charge in [0.25, 0.3) is 0 Å². The van der Waals surface area contributed by atoms with E-state index in [-0.39, 0.29) is 38.8 Å². The van der Waals surface area contributed by atoms with Crippen molar-refractivity contribution in [2.75, 3.05) is 38.1 Å². The van der Waals surface area contributed by atoms with E-state index in [2.05, 4.69) is 32.0 Å². The van der Waals surface area contributed by atoms with Crippen molar-refractivity contribution in [2.45, 2.75) is 65.4 Å². The zero-order valence-corrected chi connectivity index (χ0v) is 25.0. The Morgan fingerprint density at radius 2 is 1.84 bits per heavy atom. The minimum atomic E-state index is -3.84. The Labute approximate surface area is 260 Å². The Morgan fingerprint density at radius 3 is 2.59 bits per heavy atom. The fourth-order valence-electron chi connectivity index (χ4n) is 6.31. The van der Waals surface area contributed by atoms with Crippen molar-refractivity contribution in [3.63, 3.8) is 0 Å². The number of rotatable bonds is 6. The lowest BCUT2D eigenvalue weighted by atomic mass is 9.85. The zero-order valence-electron chi connectivity index (χ0n) is 24.2. The highest BCUT2D eigenvalue weighted by molar-refractivity contribution is 7.89. The molecule has 4 aromatic rings. The number of hydrogen-bond acceptors (Lipinski definition) is 8. The summed E-state index contributed by atoms with van der Waals surface area (Å²) in [5, 5.41) is 18.4. The number of carbonyl (C=O) groups is 1. The summed E-state index contributed by atoms with van der Waals surface area (Å²) >= 11 is 0. The molecule has 2 aliphatic heterocycles. The Balaban J connectivity index is 0.00000221. The van der Waals surface area contributed by atoms with Gasteiger partial charge in [-0.2, -0.15) is 4.31 Å². The molecule has 0 radical (unpaired) electrons. The first-order valence-electron chi connectivity index (χ1n) is 14.1. The number of benzene rings is 1. The topological polar surface area (TPSA) is 124 Å². The van der Waals surface area contributed by atoms with Crippen molar-refractivity contribution in [1.29, 1.82) is 0 Å². The molecule has 2 atom stereocenters. The summed E-state index contributed by atoms with van der Waals surface area (Å²) in [6.45, 7) is 8.53. The number of aromatic nitrogens is 4. The summed E-state index contributed by atoms with van der Waals surface area (Å²) in [6.07, 6.45) is 3.41. The van der Waals surface area contributed by atoms with Crippen LogP contribution in [0.5, 0.6) is 0 Å². The van der Waals surface area contributed by atoms with Crippen LogP contribution in [0.25, 0.3) is 5.65 Å². The summed E-state index contributed by atoms with van der Waals surface area (Å²) in [6, 6.07) is 11.1. The summed E-state index contributed by atoms with van der Waals surface area (Å²) < 4.78 is 31.6. The van der Waals surface area contributed by atoms with E-state index in [1.165, 1.54) is 0 Å². The molecule has 0 saturated carbocycles. The van der Waals surface area contributed by atoms with E-state index in [9.17, 15) is 18.3 Å². The Morgan fingerprint density at radius 1 is 1.07 bits per heavy atom. The molecule has 11 nitrogen and oxygen atoms in total. The van der Waals surface area contributed by atoms with Crippen LogP contribution < -0.4 is 4.90 Å². The number of anilines is 1. The van der Waals surface area contributed by atoms with Gasteiger partial charge in [0.1, 0.15) is 16.5 Å². The molecule has 0 spiro atoms. The first-order valence-corrected chi connectivity index (χ1v) is 15.5. The van der Waals surface area contributed by atoms with Crippen LogP contribution in [-0.4, -0.2) is 87.5 Å². The number of aryl methyl sites for hydroxylation is 3. The quantitative estimate of drug-likeness (QED) is 0.336. The average molecular weight is 622 g/mol. The first-order chi connectivity index (χ1) is 20.0. The number of piperazine rings is 1. The molecule has 12 heteroatoms. The maximum Gasteiger partial charge on any atom is 0.304 e. The van der Waals surface area contributed by atoms with Crippen molar-refractivity contribution in [3.05, 3.63) is 82.4 Å². The Kier molecular flexibility index (Phi) is 9.48. The fraction of sp³-hybridized carbons (Fsp3) is 0.438. The number of hydrogen-bond donors (Lipinski definition) is 1. The lowest BCUT2D eigenvalue weighted by Gasteiger charge is -2.40. The fourth-order valence-corrected chi connectivity index (χ4v) is 7.91. The van der Waals surface area contributed by atoms with Crippen LogP contribution in [0.1, 0.15) is 60.8 Å². The van der Waals surface area contributed by atoms with Crippen LogP contribution in [0.3, 0.4) is 0 Å². The maximum atomic E-state index is 14.1. The van der Waals surface area contributed by atoms with Crippen molar-refractivity contribution < 1.29 is 18.3 Å². The second-order valence-corrected chi connectivity index (χ2v) is 13.3. The van der Waals surface area contributed by atoms with Gasteiger partial charge >= 0.3 is 5.97 Å². The Hall–Kier alpha value is -3.87. The van der Waals surface area contributed by atoms with Crippen LogP contribution in [0.2, 0.25) is 0 Å². The van der Waals surface area contributed by atoms with E-state index in [1.807, 2.05) is 55.6 Å². The number of sulfonamides is 1. The molecular formula is C32H43N7O4S. The van der Waals surface area contributed by atoms with Gasteiger partial charge in [-0.05, 0) is 73.8 Å². The highest BCUT2D eigenvalue weighted by Crippen LogP contribution is 2.36. The lowest BCUT2D eigenvalue weighted by molar-refractivity contribution is -0.137. The second kappa shape index (κ2) is 12.6. The molecule has 44 heavy (non-hydrogen) atoms. The van der Waals surface area contributed by atoms with Crippen LogP contribution in [0.4, 0.5) is 5.82 Å². The first kappa shape index (κ1) is 33.0. The van der Waals surface area contributed by atoms with Gasteiger partial charge in [0.2, 0.25) is 10.0 Å². The summed E-state index contributed by atoms with van der Waals surface area (Å²) in [4.78, 5) is 21.2. The van der Waals surface area contributed by atoms with Gasteiger partial charge in [-0.3, -0.25) is 9.20 Å². The SMILES string of the molecule is C.C.Cc1ccc([C@H](CC(=O)O)c2ccn3c(C)nnc3c2C)cc1CN1C[C@H]2CN(C)CCN2c2ncccc2S1(=O)=O. The molecule has 5 heterocycles. The van der Waals surface area contributed by atoms with Crippen molar-refractivity contribution >= 4 is 27.5 Å². The predicted molar refractivity (Wildman–Crippen MR) is 172 cm³/mol. The highest BCUT2D eigenvalue weighted by Gasteiger charge is 2.40. The number of pyridine rings is 2. The molecule has 6 rings (SSSR count). The van der Waals surface area contributed by atoms with E-state index in [4.69, 9.17) is 0 Å². The monoisotopic (exact) mass is 621 g/mol. The number of fused-ring (bicyclic) bond motifs is 4. The predicted octanol–water partition coefficient (Wildman–Crippen LogP) is 4.25. The van der Waals surface area contributed by atoms with E-state index in [0.717, 1.165) is 46.7 Å². The standard InChI is InChI=1S/C30H35N7O4S.2CH4/c1-19-7-8-22(26(15-28(38)39)25-9-11-36-21(3)32-33-29(36)20(25)2)14-23(19)16-35-18-24-17-34(4)12-13-37(24)30-27(42(35,40)41)6-5-10-31-30;;/h5-11,14,24,26H,12-13,15-18H2,1-4H3,(H,38,39);2*1H4/t24-,26+;;/m1../s1.